The number of aromatic carboxylic acids is 1. The molecule has 0 saturated carbocycles. The van der Waals surface area contributed by atoms with E-state index in [0.29, 0.717) is 12.1 Å². The molecule has 0 radical (unpaired) electrons. The summed E-state index contributed by atoms with van der Waals surface area (Å²) in [4.78, 5) is 23.3. The maximum atomic E-state index is 12.2. The molecular formula is C16H18N2O6S. The molecule has 3 N–H and O–H groups in total. The molecule has 2 rings (SSSR count). The zero-order chi connectivity index (χ0) is 18.6. The normalized spacial score (nSPS) is 11.3. The third-order valence-electron chi connectivity index (χ3n) is 3.33. The van der Waals surface area contributed by atoms with E-state index in [0.717, 1.165) is 11.8 Å². The smallest absolute Gasteiger partial charge is 0.339 e. The van der Waals surface area contributed by atoms with Crippen LogP contribution in [-0.4, -0.2) is 31.7 Å². The minimum Gasteiger partial charge on any atom is -0.478 e. The number of nitrogens with one attached hydrogen (secondary N) is 2. The Bertz CT molecular complexity index is 884. The van der Waals surface area contributed by atoms with E-state index in [1.54, 1.807) is 31.2 Å². The van der Waals surface area contributed by atoms with Crippen LogP contribution in [0, 0.1) is 0 Å². The minimum absolute atomic E-state index is 0.0325. The average Bonchev–Trinajstić information content (AvgIpc) is 2.98. The van der Waals surface area contributed by atoms with E-state index in [4.69, 9.17) is 9.52 Å². The number of anilines is 1. The quantitative estimate of drug-likeness (QED) is 0.686. The first-order valence-corrected chi connectivity index (χ1v) is 9.29. The van der Waals surface area contributed by atoms with Crippen LogP contribution in [0.15, 0.2) is 34.7 Å². The molecule has 1 heterocycles. The number of furan rings is 1. The van der Waals surface area contributed by atoms with Gasteiger partial charge in [-0.3, -0.25) is 4.79 Å². The SMILES string of the molecule is CCc1oc(C(=O)Nc2ccc(CNS(C)(=O)=O)cc2)cc1C(=O)O. The number of carbonyl (C=O) groups excluding carboxylic acids is 1. The average molecular weight is 366 g/mol. The lowest BCUT2D eigenvalue weighted by Gasteiger charge is -2.06. The van der Waals surface area contributed by atoms with Crippen molar-refractivity contribution in [3.8, 4) is 0 Å². The summed E-state index contributed by atoms with van der Waals surface area (Å²) in [6.45, 7) is 1.88. The highest BCUT2D eigenvalue weighted by Crippen LogP contribution is 2.18. The molecule has 134 valence electrons. The number of hydrogen-bond donors (Lipinski definition) is 3. The van der Waals surface area contributed by atoms with Gasteiger partial charge in [0.05, 0.1) is 6.26 Å². The Morgan fingerprint density at radius 3 is 2.32 bits per heavy atom. The summed E-state index contributed by atoms with van der Waals surface area (Å²) in [7, 11) is -3.28. The third kappa shape index (κ3) is 5.16. The molecule has 1 amide bonds. The number of sulfonamides is 1. The van der Waals surface area contributed by atoms with Crippen LogP contribution in [0.4, 0.5) is 5.69 Å². The molecule has 0 unspecified atom stereocenters. The lowest BCUT2D eigenvalue weighted by Crippen LogP contribution is -2.21. The van der Waals surface area contributed by atoms with E-state index in [-0.39, 0.29) is 23.6 Å². The molecular weight excluding hydrogens is 348 g/mol. The molecule has 0 spiro atoms. The summed E-state index contributed by atoms with van der Waals surface area (Å²) in [5.41, 5.74) is 1.16. The topological polar surface area (TPSA) is 126 Å². The lowest BCUT2D eigenvalue weighted by atomic mass is 10.2. The van der Waals surface area contributed by atoms with Crippen molar-refractivity contribution in [3.05, 3.63) is 53.0 Å². The Hall–Kier alpha value is -2.65. The van der Waals surface area contributed by atoms with Crippen molar-refractivity contribution in [2.75, 3.05) is 11.6 Å². The molecule has 1 aromatic carbocycles. The van der Waals surface area contributed by atoms with Crippen molar-refractivity contribution in [2.45, 2.75) is 19.9 Å². The van der Waals surface area contributed by atoms with Crippen LogP contribution >= 0.6 is 0 Å². The second-order valence-corrected chi connectivity index (χ2v) is 7.18. The van der Waals surface area contributed by atoms with Crippen molar-refractivity contribution >= 4 is 27.6 Å². The molecule has 2 aromatic rings. The summed E-state index contributed by atoms with van der Waals surface area (Å²) in [5.74, 6) is -1.57. The van der Waals surface area contributed by atoms with Gasteiger partial charge >= 0.3 is 5.97 Å². The van der Waals surface area contributed by atoms with Crippen LogP contribution in [0.25, 0.3) is 0 Å². The fourth-order valence-electron chi connectivity index (χ4n) is 2.10. The largest absolute Gasteiger partial charge is 0.478 e. The van der Waals surface area contributed by atoms with Gasteiger partial charge in [0.25, 0.3) is 5.91 Å². The van der Waals surface area contributed by atoms with E-state index >= 15 is 0 Å². The van der Waals surface area contributed by atoms with Gasteiger partial charge in [-0.05, 0) is 17.7 Å². The van der Waals surface area contributed by atoms with Crippen molar-refractivity contribution in [2.24, 2.45) is 0 Å². The van der Waals surface area contributed by atoms with E-state index in [9.17, 15) is 18.0 Å². The second kappa shape index (κ2) is 7.49. The predicted molar refractivity (Wildman–Crippen MR) is 91.1 cm³/mol. The molecule has 9 heteroatoms. The number of carboxylic acids is 1. The van der Waals surface area contributed by atoms with E-state index in [2.05, 4.69) is 10.0 Å². The highest BCUT2D eigenvalue weighted by Gasteiger charge is 2.20. The van der Waals surface area contributed by atoms with Crippen LogP contribution in [0.3, 0.4) is 0 Å². The Morgan fingerprint density at radius 2 is 1.84 bits per heavy atom. The maximum absolute atomic E-state index is 12.2. The van der Waals surface area contributed by atoms with Gasteiger partial charge in [-0.25, -0.2) is 17.9 Å². The molecule has 0 aliphatic rings. The first-order chi connectivity index (χ1) is 11.7. The van der Waals surface area contributed by atoms with Gasteiger partial charge in [0.1, 0.15) is 11.3 Å². The molecule has 25 heavy (non-hydrogen) atoms. The van der Waals surface area contributed by atoms with Crippen molar-refractivity contribution in [3.63, 3.8) is 0 Å². The Labute approximate surface area is 144 Å². The third-order valence-corrected chi connectivity index (χ3v) is 4.00. The van der Waals surface area contributed by atoms with Crippen molar-refractivity contribution < 1.29 is 27.5 Å². The van der Waals surface area contributed by atoms with E-state index < -0.39 is 21.9 Å². The number of aryl methyl sites for hydroxylation is 1. The number of rotatable bonds is 7. The maximum Gasteiger partial charge on any atom is 0.339 e. The lowest BCUT2D eigenvalue weighted by molar-refractivity contribution is 0.0694. The summed E-state index contributed by atoms with van der Waals surface area (Å²) in [6, 6.07) is 7.74. The number of hydrogen-bond acceptors (Lipinski definition) is 5. The molecule has 0 aliphatic heterocycles. The van der Waals surface area contributed by atoms with Gasteiger partial charge in [0, 0.05) is 24.7 Å². The predicted octanol–water partition coefficient (Wildman–Crippen LogP) is 1.84. The van der Waals surface area contributed by atoms with Gasteiger partial charge in [0.2, 0.25) is 10.0 Å². The van der Waals surface area contributed by atoms with Gasteiger partial charge in [-0.15, -0.1) is 0 Å². The first kappa shape index (κ1) is 18.7. The molecule has 1 aromatic heterocycles. The fourth-order valence-corrected chi connectivity index (χ4v) is 2.53. The Kier molecular flexibility index (Phi) is 5.60. The highest BCUT2D eigenvalue weighted by molar-refractivity contribution is 7.88. The summed E-state index contributed by atoms with van der Waals surface area (Å²) < 4.78 is 29.8. The van der Waals surface area contributed by atoms with Crippen molar-refractivity contribution in [1.29, 1.82) is 0 Å². The van der Waals surface area contributed by atoms with E-state index in [1.165, 1.54) is 6.07 Å². The second-order valence-electron chi connectivity index (χ2n) is 5.35. The van der Waals surface area contributed by atoms with E-state index in [1.807, 2.05) is 0 Å². The molecule has 0 bridgehead atoms. The molecule has 0 saturated heterocycles. The molecule has 8 nitrogen and oxygen atoms in total. The van der Waals surface area contributed by atoms with Crippen LogP contribution in [-0.2, 0) is 23.0 Å². The summed E-state index contributed by atoms with van der Waals surface area (Å²) in [6.07, 6.45) is 1.43. The molecule has 0 fully saturated rings. The van der Waals surface area contributed by atoms with Crippen LogP contribution in [0.2, 0.25) is 0 Å². The van der Waals surface area contributed by atoms with Gasteiger partial charge < -0.3 is 14.8 Å². The van der Waals surface area contributed by atoms with Gasteiger partial charge in [-0.1, -0.05) is 19.1 Å². The molecule has 0 aliphatic carbocycles. The highest BCUT2D eigenvalue weighted by atomic mass is 32.2. The summed E-state index contributed by atoms with van der Waals surface area (Å²) in [5, 5.41) is 11.7. The first-order valence-electron chi connectivity index (χ1n) is 7.40. The van der Waals surface area contributed by atoms with Gasteiger partial charge in [-0.2, -0.15) is 0 Å². The number of carboxylic acid groups (broad SMARTS) is 1. The molecule has 0 atom stereocenters. The zero-order valence-corrected chi connectivity index (χ0v) is 14.5. The fraction of sp³-hybridized carbons (Fsp3) is 0.250. The van der Waals surface area contributed by atoms with Crippen LogP contribution in [0.1, 0.15) is 39.2 Å². The number of amides is 1. The van der Waals surface area contributed by atoms with Gasteiger partial charge in [0.15, 0.2) is 5.76 Å². The standard InChI is InChI=1S/C16H18N2O6S/c1-3-13-12(16(20)21)8-14(24-13)15(19)18-11-6-4-10(5-7-11)9-17-25(2,22)23/h4-8,17H,3,9H2,1-2H3,(H,18,19)(H,20,21). The van der Waals surface area contributed by atoms with Crippen molar-refractivity contribution in [1.82, 2.24) is 4.72 Å². The zero-order valence-electron chi connectivity index (χ0n) is 13.7. The Balaban J connectivity index is 2.07. The van der Waals surface area contributed by atoms with Crippen LogP contribution < -0.4 is 10.0 Å². The summed E-state index contributed by atoms with van der Waals surface area (Å²) >= 11 is 0. The Morgan fingerprint density at radius 1 is 1.20 bits per heavy atom. The monoisotopic (exact) mass is 366 g/mol. The number of benzene rings is 1. The minimum atomic E-state index is -3.28. The van der Waals surface area contributed by atoms with Crippen LogP contribution in [0.5, 0.6) is 0 Å². The number of carbonyl (C=O) groups is 2.